The first kappa shape index (κ1) is 11.1. The summed E-state index contributed by atoms with van der Waals surface area (Å²) in [7, 11) is 0. The van der Waals surface area contributed by atoms with E-state index >= 15 is 0 Å². The van der Waals surface area contributed by atoms with Crippen LogP contribution in [0.2, 0.25) is 0 Å². The van der Waals surface area contributed by atoms with Crippen molar-refractivity contribution in [1.29, 1.82) is 0 Å². The number of carboxylic acid groups (broad SMARTS) is 1. The van der Waals surface area contributed by atoms with E-state index in [1.54, 1.807) is 0 Å². The molecule has 1 saturated heterocycles. The summed E-state index contributed by atoms with van der Waals surface area (Å²) in [4.78, 5) is 18.2. The number of rotatable bonds is 3. The van der Waals surface area contributed by atoms with Crippen LogP contribution in [0, 0.1) is 6.92 Å². The fourth-order valence-corrected chi connectivity index (χ4v) is 1.95. The minimum atomic E-state index is -0.853. The lowest BCUT2D eigenvalue weighted by atomic mass is 9.89. The molecule has 16 heavy (non-hydrogen) atoms. The fraction of sp³-hybridized carbons (Fsp3) is 0.636. The average molecular weight is 224 g/mol. The quantitative estimate of drug-likeness (QED) is 0.803. The molecule has 0 amide bonds. The number of imidazole rings is 1. The second kappa shape index (κ2) is 3.90. The molecule has 0 saturated carbocycles. The molecular weight excluding hydrogens is 208 g/mol. The molecule has 2 heterocycles. The molecule has 1 atom stereocenters. The van der Waals surface area contributed by atoms with Gasteiger partial charge in [-0.1, -0.05) is 6.92 Å². The molecule has 5 nitrogen and oxygen atoms in total. The summed E-state index contributed by atoms with van der Waals surface area (Å²) in [6.45, 7) is 5.33. The van der Waals surface area contributed by atoms with Crippen molar-refractivity contribution in [2.75, 3.05) is 13.2 Å². The first-order valence-corrected chi connectivity index (χ1v) is 5.37. The van der Waals surface area contributed by atoms with Crippen LogP contribution in [0.5, 0.6) is 0 Å². The Hall–Kier alpha value is -1.36. The number of aromatic amines is 1. The van der Waals surface area contributed by atoms with Gasteiger partial charge in [-0.15, -0.1) is 0 Å². The molecule has 0 aliphatic carbocycles. The minimum Gasteiger partial charge on any atom is -0.481 e. The topological polar surface area (TPSA) is 75.2 Å². The highest BCUT2D eigenvalue weighted by atomic mass is 16.5. The van der Waals surface area contributed by atoms with Crippen LogP contribution in [0.3, 0.4) is 0 Å². The SMILES string of the molecule is Cc1[nH]c(C2(C)CCOC2)nc1CC(=O)O. The van der Waals surface area contributed by atoms with Crippen molar-refractivity contribution in [3.63, 3.8) is 0 Å². The number of H-pyrrole nitrogens is 1. The lowest BCUT2D eigenvalue weighted by molar-refractivity contribution is -0.136. The highest BCUT2D eigenvalue weighted by Gasteiger charge is 2.35. The van der Waals surface area contributed by atoms with Crippen LogP contribution < -0.4 is 0 Å². The van der Waals surface area contributed by atoms with Crippen LogP contribution >= 0.6 is 0 Å². The van der Waals surface area contributed by atoms with Crippen molar-refractivity contribution in [1.82, 2.24) is 9.97 Å². The maximum atomic E-state index is 10.7. The Balaban J connectivity index is 2.26. The second-order valence-electron chi connectivity index (χ2n) is 4.59. The summed E-state index contributed by atoms with van der Waals surface area (Å²) in [6.07, 6.45) is 0.895. The van der Waals surface area contributed by atoms with Crippen molar-refractivity contribution in [3.8, 4) is 0 Å². The molecule has 1 aliphatic heterocycles. The normalized spacial score (nSPS) is 24.9. The van der Waals surface area contributed by atoms with Crippen LogP contribution in [-0.4, -0.2) is 34.3 Å². The Morgan fingerprint density at radius 1 is 1.69 bits per heavy atom. The van der Waals surface area contributed by atoms with Crippen molar-refractivity contribution in [2.24, 2.45) is 0 Å². The third-order valence-electron chi connectivity index (χ3n) is 3.09. The molecule has 0 spiro atoms. The molecule has 1 aromatic heterocycles. The number of aliphatic carboxylic acids is 1. The number of hydrogen-bond acceptors (Lipinski definition) is 3. The van der Waals surface area contributed by atoms with Gasteiger partial charge in [-0.3, -0.25) is 4.79 Å². The smallest absolute Gasteiger partial charge is 0.309 e. The summed E-state index contributed by atoms with van der Waals surface area (Å²) in [5, 5.41) is 8.75. The molecule has 1 unspecified atom stereocenters. The Labute approximate surface area is 93.8 Å². The van der Waals surface area contributed by atoms with Crippen LogP contribution in [0.1, 0.15) is 30.6 Å². The van der Waals surface area contributed by atoms with Crippen LogP contribution in [-0.2, 0) is 21.4 Å². The molecule has 1 fully saturated rings. The molecule has 1 aliphatic rings. The van der Waals surface area contributed by atoms with Crippen molar-refractivity contribution < 1.29 is 14.6 Å². The number of nitrogens with one attached hydrogen (secondary N) is 1. The average Bonchev–Trinajstić information content (AvgIpc) is 2.75. The Morgan fingerprint density at radius 2 is 2.44 bits per heavy atom. The predicted octanol–water partition coefficient (Wildman–Crippen LogP) is 1.02. The van der Waals surface area contributed by atoms with Gasteiger partial charge in [0, 0.05) is 12.3 Å². The number of hydrogen-bond donors (Lipinski definition) is 2. The van der Waals surface area contributed by atoms with Crippen LogP contribution in [0.25, 0.3) is 0 Å². The largest absolute Gasteiger partial charge is 0.481 e. The number of ether oxygens (including phenoxy) is 1. The Kier molecular flexibility index (Phi) is 2.71. The first-order chi connectivity index (χ1) is 7.51. The standard InChI is InChI=1S/C11H16N2O3/c1-7-8(5-9(14)15)13-10(12-7)11(2)3-4-16-6-11/h3-6H2,1-2H3,(H,12,13)(H,14,15). The highest BCUT2D eigenvalue weighted by Crippen LogP contribution is 2.31. The molecule has 88 valence electrons. The molecular formula is C11H16N2O3. The maximum absolute atomic E-state index is 10.7. The summed E-state index contributed by atoms with van der Waals surface area (Å²) >= 11 is 0. The maximum Gasteiger partial charge on any atom is 0.309 e. The third kappa shape index (κ3) is 1.95. The van der Waals surface area contributed by atoms with Gasteiger partial charge in [0.1, 0.15) is 5.82 Å². The number of carbonyl (C=O) groups is 1. The Morgan fingerprint density at radius 3 is 3.00 bits per heavy atom. The van der Waals surface area contributed by atoms with Gasteiger partial charge in [-0.25, -0.2) is 4.98 Å². The van der Waals surface area contributed by atoms with Gasteiger partial charge in [-0.05, 0) is 13.3 Å². The molecule has 0 aromatic carbocycles. The first-order valence-electron chi connectivity index (χ1n) is 5.37. The van der Waals surface area contributed by atoms with E-state index in [9.17, 15) is 4.79 Å². The van der Waals surface area contributed by atoms with E-state index in [4.69, 9.17) is 9.84 Å². The number of aromatic nitrogens is 2. The van der Waals surface area contributed by atoms with Gasteiger partial charge < -0.3 is 14.8 Å². The van der Waals surface area contributed by atoms with E-state index in [1.807, 2.05) is 6.92 Å². The van der Waals surface area contributed by atoms with Gasteiger partial charge in [0.15, 0.2) is 0 Å². The van der Waals surface area contributed by atoms with E-state index in [-0.39, 0.29) is 11.8 Å². The molecule has 2 N–H and O–H groups in total. The summed E-state index contributed by atoms with van der Waals surface area (Å²) in [6, 6.07) is 0. The van der Waals surface area contributed by atoms with Crippen molar-refractivity contribution in [3.05, 3.63) is 17.2 Å². The third-order valence-corrected chi connectivity index (χ3v) is 3.09. The van der Waals surface area contributed by atoms with Crippen LogP contribution in [0.4, 0.5) is 0 Å². The van der Waals surface area contributed by atoms with Gasteiger partial charge in [-0.2, -0.15) is 0 Å². The van der Waals surface area contributed by atoms with Gasteiger partial charge in [0.2, 0.25) is 0 Å². The zero-order chi connectivity index (χ0) is 11.8. The lowest BCUT2D eigenvalue weighted by Gasteiger charge is -2.17. The zero-order valence-electron chi connectivity index (χ0n) is 9.54. The molecule has 2 rings (SSSR count). The Bertz CT molecular complexity index is 405. The summed E-state index contributed by atoms with van der Waals surface area (Å²) < 4.78 is 5.37. The monoisotopic (exact) mass is 224 g/mol. The highest BCUT2D eigenvalue weighted by molar-refractivity contribution is 5.69. The molecule has 5 heteroatoms. The van der Waals surface area contributed by atoms with E-state index in [1.165, 1.54) is 0 Å². The van der Waals surface area contributed by atoms with E-state index in [0.717, 1.165) is 24.5 Å². The van der Waals surface area contributed by atoms with E-state index in [0.29, 0.717) is 12.3 Å². The van der Waals surface area contributed by atoms with Crippen molar-refractivity contribution >= 4 is 5.97 Å². The summed E-state index contributed by atoms with van der Waals surface area (Å²) in [5.41, 5.74) is 1.36. The molecule has 0 bridgehead atoms. The minimum absolute atomic E-state index is 0.0285. The predicted molar refractivity (Wildman–Crippen MR) is 57.5 cm³/mol. The van der Waals surface area contributed by atoms with Gasteiger partial charge in [0.05, 0.1) is 24.1 Å². The number of nitrogens with zero attached hydrogens (tertiary/aromatic N) is 1. The van der Waals surface area contributed by atoms with Gasteiger partial charge in [0.25, 0.3) is 0 Å². The van der Waals surface area contributed by atoms with E-state index in [2.05, 4.69) is 16.9 Å². The molecule has 1 aromatic rings. The number of aryl methyl sites for hydroxylation is 1. The van der Waals surface area contributed by atoms with E-state index < -0.39 is 5.97 Å². The second-order valence-corrected chi connectivity index (χ2v) is 4.59. The summed E-state index contributed by atoms with van der Waals surface area (Å²) in [5.74, 6) is -0.00674. The fourth-order valence-electron chi connectivity index (χ4n) is 1.95. The number of carboxylic acids is 1. The zero-order valence-corrected chi connectivity index (χ0v) is 9.54. The molecule has 0 radical (unpaired) electrons. The van der Waals surface area contributed by atoms with Crippen molar-refractivity contribution in [2.45, 2.75) is 32.1 Å². The lowest BCUT2D eigenvalue weighted by Crippen LogP contribution is -2.23. The van der Waals surface area contributed by atoms with Crippen LogP contribution in [0.15, 0.2) is 0 Å². The van der Waals surface area contributed by atoms with Gasteiger partial charge >= 0.3 is 5.97 Å².